The molecule has 21 heteroatoms. The molecular formula is FeNaO14P4V. The second-order valence-corrected chi connectivity index (χ2v) is 6.84. The Morgan fingerprint density at radius 2 is 0.619 bits per heavy atom. The zero-order chi connectivity index (χ0) is 15.4. The number of phosphoric acid groups is 4. The molecule has 21 heavy (non-hydrogen) atoms. The van der Waals surface area contributed by atoms with Gasteiger partial charge in [-0.05, 0) is 0 Å². The molecule has 0 spiro atoms. The van der Waals surface area contributed by atoms with E-state index in [9.17, 15) is 57.4 Å². The first-order valence-corrected chi connectivity index (χ1v) is 8.76. The standard InChI is InChI=1S/Fe.Na.2H4O7P2.V/c;;2*1-8(2,3)7-9(4,5)6;/h;;2*(H2,1,2,3)(H2,4,5,6);/q+2;+1;;;+5/p-8. The molecule has 0 amide bonds. The number of hydrogen-bond donors (Lipinski definition) is 0. The predicted octanol–water partition coefficient (Wildman–Crippen LogP) is -9.68. The van der Waals surface area contributed by atoms with Crippen molar-refractivity contribution in [3.05, 3.63) is 0 Å². The molecule has 14 nitrogen and oxygen atoms in total. The minimum atomic E-state index is -5.68. The first-order valence-electron chi connectivity index (χ1n) is 2.92. The molecule has 0 aliphatic heterocycles. The Balaban J connectivity index is -0.0000000711. The fourth-order valence-corrected chi connectivity index (χ4v) is 2.20. The molecule has 0 aromatic heterocycles. The van der Waals surface area contributed by atoms with Gasteiger partial charge in [-0.3, -0.25) is 0 Å². The van der Waals surface area contributed by atoms with Gasteiger partial charge in [0, 0.05) is 0 Å². The quantitative estimate of drug-likeness (QED) is 0.268. The third kappa shape index (κ3) is 45.0. The SMILES string of the molecule is O=P([O-])([O-])OP(=O)([O-])[O-].O=P([O-])([O-])OP(=O)([O-])[O-].[Fe+2].[Na+].[V+5]. The molecule has 0 aliphatic rings. The van der Waals surface area contributed by atoms with Gasteiger partial charge in [0.25, 0.3) is 0 Å². The summed E-state index contributed by atoms with van der Waals surface area (Å²) in [5, 5.41) is 0. The molecule has 0 heterocycles. The van der Waals surface area contributed by atoms with Crippen molar-refractivity contribution in [3.63, 3.8) is 0 Å². The zero-order valence-electron chi connectivity index (χ0n) is 9.31. The van der Waals surface area contributed by atoms with Gasteiger partial charge < -0.3 is 66.0 Å². The fourth-order valence-electron chi connectivity index (χ4n) is 0.245. The molecular weight excluding hydrogens is 478 g/mol. The Hall–Kier alpha value is 2.62. The summed E-state index contributed by atoms with van der Waals surface area (Å²) in [5.41, 5.74) is 0. The van der Waals surface area contributed by atoms with Crippen molar-refractivity contribution in [2.75, 3.05) is 0 Å². The summed E-state index contributed by atoms with van der Waals surface area (Å²) in [4.78, 5) is 74.6. The topological polar surface area (TPSA) is 271 Å². The van der Waals surface area contributed by atoms with Gasteiger partial charge in [0.1, 0.15) is 0 Å². The molecule has 0 unspecified atom stereocenters. The van der Waals surface area contributed by atoms with Crippen molar-refractivity contribution in [2.45, 2.75) is 0 Å². The maximum Gasteiger partial charge on any atom is 5.00 e. The second-order valence-electron chi connectivity index (χ2n) is 1.95. The van der Waals surface area contributed by atoms with Crippen molar-refractivity contribution < 1.29 is 131 Å². The van der Waals surface area contributed by atoms with E-state index in [1.807, 2.05) is 0 Å². The molecule has 0 bridgehead atoms. The van der Waals surface area contributed by atoms with Crippen molar-refractivity contribution in [1.82, 2.24) is 0 Å². The van der Waals surface area contributed by atoms with Crippen LogP contribution >= 0.6 is 31.3 Å². The van der Waals surface area contributed by atoms with Crippen molar-refractivity contribution in [3.8, 4) is 0 Å². The summed E-state index contributed by atoms with van der Waals surface area (Å²) in [6.45, 7) is 0. The fraction of sp³-hybridized carbons (Fsp3) is 0. The van der Waals surface area contributed by atoms with Crippen LogP contribution in [0.3, 0.4) is 0 Å². The van der Waals surface area contributed by atoms with Crippen LogP contribution in [-0.4, -0.2) is 0 Å². The molecule has 0 fully saturated rings. The molecule has 0 rings (SSSR count). The van der Waals surface area contributed by atoms with Gasteiger partial charge in [0.05, 0.1) is 31.3 Å². The maximum atomic E-state index is 9.32. The summed E-state index contributed by atoms with van der Waals surface area (Å²) in [6, 6.07) is 0. The normalized spacial score (nSPS) is 11.8. The van der Waals surface area contributed by atoms with Crippen LogP contribution in [-0.2, 0) is 62.5 Å². The Morgan fingerprint density at radius 1 is 0.524 bits per heavy atom. The van der Waals surface area contributed by atoms with Crippen LogP contribution in [0.15, 0.2) is 0 Å². The zero-order valence-corrected chi connectivity index (χ0v) is 17.4. The molecule has 118 valence electrons. The molecule has 0 saturated heterocycles. The Labute approximate surface area is 161 Å². The third-order valence-corrected chi connectivity index (χ3v) is 3.60. The minimum absolute atomic E-state index is 0. The summed E-state index contributed by atoms with van der Waals surface area (Å²) < 4.78 is 42.3. The molecule has 0 aromatic carbocycles. The van der Waals surface area contributed by atoms with Gasteiger partial charge in [0.15, 0.2) is 0 Å². The average Bonchev–Trinajstić information content (AvgIpc) is 1.64. The van der Waals surface area contributed by atoms with Crippen molar-refractivity contribution in [1.29, 1.82) is 0 Å². The summed E-state index contributed by atoms with van der Waals surface area (Å²) >= 11 is 0. The monoisotopic (exact) mass is 478 g/mol. The van der Waals surface area contributed by atoms with Crippen molar-refractivity contribution in [2.24, 2.45) is 0 Å². The maximum absolute atomic E-state index is 9.32. The minimum Gasteiger partial charge on any atom is -0.790 e. The van der Waals surface area contributed by atoms with E-state index >= 15 is 0 Å². The van der Waals surface area contributed by atoms with Crippen LogP contribution in [0.4, 0.5) is 0 Å². The van der Waals surface area contributed by atoms with E-state index in [2.05, 4.69) is 8.62 Å². The molecule has 0 radical (unpaired) electrons. The molecule has 0 saturated carbocycles. The van der Waals surface area contributed by atoms with E-state index in [0.717, 1.165) is 0 Å². The average molecular weight is 478 g/mol. The molecule has 0 N–H and O–H groups in total. The molecule has 0 aromatic rings. The van der Waals surface area contributed by atoms with Gasteiger partial charge in [-0.1, -0.05) is 0 Å². The predicted molar refractivity (Wildman–Crippen MR) is 32.6 cm³/mol. The number of rotatable bonds is 4. The first-order chi connectivity index (χ1) is 7.41. The van der Waals surface area contributed by atoms with Crippen LogP contribution in [0.25, 0.3) is 0 Å². The van der Waals surface area contributed by atoms with E-state index in [4.69, 9.17) is 0 Å². The first kappa shape index (κ1) is 34.9. The molecule has 0 aliphatic carbocycles. The van der Waals surface area contributed by atoms with Crippen LogP contribution < -0.4 is 68.7 Å². The number of hydrogen-bond acceptors (Lipinski definition) is 14. The van der Waals surface area contributed by atoms with Gasteiger partial charge in [-0.2, -0.15) is 0 Å². The van der Waals surface area contributed by atoms with Crippen LogP contribution in [0, 0.1) is 0 Å². The van der Waals surface area contributed by atoms with Crippen molar-refractivity contribution >= 4 is 31.3 Å². The van der Waals surface area contributed by atoms with Gasteiger partial charge in [-0.25, -0.2) is 0 Å². The smallest absolute Gasteiger partial charge is 0.790 e. The van der Waals surface area contributed by atoms with Gasteiger partial charge in [0.2, 0.25) is 0 Å². The van der Waals surface area contributed by atoms with E-state index in [0.29, 0.717) is 0 Å². The van der Waals surface area contributed by atoms with E-state index in [-0.39, 0.29) is 65.2 Å². The summed E-state index contributed by atoms with van der Waals surface area (Å²) in [6.07, 6.45) is 0. The Kier molecular flexibility index (Phi) is 21.4. The van der Waals surface area contributed by atoms with Gasteiger partial charge >= 0.3 is 65.2 Å². The molecule has 0 atom stereocenters. The third-order valence-electron chi connectivity index (χ3n) is 0.400. The van der Waals surface area contributed by atoms with Crippen LogP contribution in [0.2, 0.25) is 0 Å². The van der Waals surface area contributed by atoms with E-state index in [1.165, 1.54) is 0 Å². The van der Waals surface area contributed by atoms with Crippen LogP contribution in [0.1, 0.15) is 0 Å². The van der Waals surface area contributed by atoms with E-state index < -0.39 is 31.3 Å². The second kappa shape index (κ2) is 12.9. The summed E-state index contributed by atoms with van der Waals surface area (Å²) in [5.74, 6) is 0. The summed E-state index contributed by atoms with van der Waals surface area (Å²) in [7, 11) is -22.7. The largest absolute Gasteiger partial charge is 5.00 e. The Morgan fingerprint density at radius 3 is 0.619 bits per heavy atom. The van der Waals surface area contributed by atoms with E-state index in [1.54, 1.807) is 0 Å². The van der Waals surface area contributed by atoms with Crippen LogP contribution in [0.5, 0.6) is 0 Å². The Bertz CT molecular complexity index is 354. The van der Waals surface area contributed by atoms with Gasteiger partial charge in [-0.15, -0.1) is 0 Å².